The summed E-state index contributed by atoms with van der Waals surface area (Å²) in [6.45, 7) is 1.60. The van der Waals surface area contributed by atoms with Crippen LogP contribution in [0.1, 0.15) is 32.1 Å². The number of methoxy groups -OCH3 is 1. The second-order valence-corrected chi connectivity index (χ2v) is 5.32. The van der Waals surface area contributed by atoms with Crippen molar-refractivity contribution in [1.82, 2.24) is 4.90 Å². The molecule has 98 valence electrons. The van der Waals surface area contributed by atoms with Crippen molar-refractivity contribution in [3.8, 4) is 0 Å². The average Bonchev–Trinajstić information content (AvgIpc) is 3.03. The zero-order valence-corrected chi connectivity index (χ0v) is 10.4. The molecule has 3 N–H and O–H groups in total. The lowest BCUT2D eigenvalue weighted by molar-refractivity contribution is -0.143. The van der Waals surface area contributed by atoms with Crippen LogP contribution in [0.15, 0.2) is 0 Å². The Hall–Kier alpha value is -0.650. The Labute approximate surface area is 102 Å². The second kappa shape index (κ2) is 4.92. The van der Waals surface area contributed by atoms with Gasteiger partial charge in [-0.3, -0.25) is 9.69 Å². The highest BCUT2D eigenvalue weighted by Gasteiger charge is 2.46. The molecule has 0 aromatic heterocycles. The van der Waals surface area contributed by atoms with E-state index < -0.39 is 11.5 Å². The maximum absolute atomic E-state index is 11.1. The van der Waals surface area contributed by atoms with Gasteiger partial charge in [0, 0.05) is 25.7 Å². The molecule has 0 spiro atoms. The summed E-state index contributed by atoms with van der Waals surface area (Å²) in [5.41, 5.74) is 4.91. The quantitative estimate of drug-likeness (QED) is 0.706. The molecule has 0 saturated heterocycles. The molecule has 0 aromatic carbocycles. The minimum absolute atomic E-state index is 0.318. The summed E-state index contributed by atoms with van der Waals surface area (Å²) >= 11 is 0. The Balaban J connectivity index is 1.94. The topological polar surface area (TPSA) is 75.8 Å². The fraction of sp³-hybridized carbons (Fsp3) is 0.917. The van der Waals surface area contributed by atoms with Gasteiger partial charge >= 0.3 is 5.97 Å². The predicted molar refractivity (Wildman–Crippen MR) is 63.8 cm³/mol. The van der Waals surface area contributed by atoms with Crippen LogP contribution in [0.2, 0.25) is 0 Å². The van der Waals surface area contributed by atoms with E-state index >= 15 is 0 Å². The Morgan fingerprint density at radius 1 is 1.47 bits per heavy atom. The van der Waals surface area contributed by atoms with Crippen molar-refractivity contribution in [2.45, 2.75) is 49.7 Å². The van der Waals surface area contributed by atoms with Crippen LogP contribution in [-0.2, 0) is 9.53 Å². The van der Waals surface area contributed by atoms with Gasteiger partial charge in [0.1, 0.15) is 5.54 Å². The van der Waals surface area contributed by atoms with Gasteiger partial charge in [-0.2, -0.15) is 0 Å². The van der Waals surface area contributed by atoms with Crippen LogP contribution in [0.4, 0.5) is 0 Å². The van der Waals surface area contributed by atoms with Gasteiger partial charge in [0.15, 0.2) is 0 Å². The van der Waals surface area contributed by atoms with Crippen molar-refractivity contribution in [3.05, 3.63) is 0 Å². The standard InChI is InChI=1S/C12H22N2O3/c1-17-7-6-14(9-2-3-9)10-4-5-12(13,8-10)11(15)16/h9-10H,2-8,13H2,1H3,(H,15,16). The van der Waals surface area contributed by atoms with Crippen molar-refractivity contribution in [1.29, 1.82) is 0 Å². The van der Waals surface area contributed by atoms with E-state index in [0.717, 1.165) is 13.0 Å². The van der Waals surface area contributed by atoms with Crippen molar-refractivity contribution >= 4 is 5.97 Å². The van der Waals surface area contributed by atoms with Gasteiger partial charge in [-0.15, -0.1) is 0 Å². The molecule has 0 aromatic rings. The maximum Gasteiger partial charge on any atom is 0.323 e. The molecule has 5 nitrogen and oxygen atoms in total. The number of aliphatic carboxylic acids is 1. The molecule has 17 heavy (non-hydrogen) atoms. The van der Waals surface area contributed by atoms with Gasteiger partial charge in [0.25, 0.3) is 0 Å². The average molecular weight is 242 g/mol. The molecule has 0 radical (unpaired) electrons. The number of carbonyl (C=O) groups is 1. The summed E-state index contributed by atoms with van der Waals surface area (Å²) in [6.07, 6.45) is 4.50. The highest BCUT2D eigenvalue weighted by Crippen LogP contribution is 2.37. The first kappa shape index (κ1) is 12.8. The Morgan fingerprint density at radius 2 is 2.18 bits per heavy atom. The minimum atomic E-state index is -1.01. The smallest absolute Gasteiger partial charge is 0.323 e. The van der Waals surface area contributed by atoms with E-state index in [1.165, 1.54) is 12.8 Å². The van der Waals surface area contributed by atoms with Crippen LogP contribution in [0.5, 0.6) is 0 Å². The fourth-order valence-electron chi connectivity index (χ4n) is 2.79. The van der Waals surface area contributed by atoms with Crippen LogP contribution in [0, 0.1) is 0 Å². The molecule has 2 atom stereocenters. The van der Waals surface area contributed by atoms with Gasteiger partial charge in [0.05, 0.1) is 6.61 Å². The number of hydrogen-bond donors (Lipinski definition) is 2. The van der Waals surface area contributed by atoms with E-state index in [1.807, 2.05) is 0 Å². The largest absolute Gasteiger partial charge is 0.480 e. The lowest BCUT2D eigenvalue weighted by atomic mass is 9.99. The van der Waals surface area contributed by atoms with E-state index in [2.05, 4.69) is 4.90 Å². The molecule has 2 rings (SSSR count). The van der Waals surface area contributed by atoms with Crippen molar-refractivity contribution < 1.29 is 14.6 Å². The molecule has 2 unspecified atom stereocenters. The molecular formula is C12H22N2O3. The molecule has 2 saturated carbocycles. The van der Waals surface area contributed by atoms with Gasteiger partial charge in [0.2, 0.25) is 0 Å². The third-order valence-corrected chi connectivity index (χ3v) is 3.99. The molecule has 2 fully saturated rings. The van der Waals surface area contributed by atoms with E-state index in [1.54, 1.807) is 7.11 Å². The van der Waals surface area contributed by atoms with E-state index in [9.17, 15) is 4.79 Å². The Bertz CT molecular complexity index is 293. The van der Waals surface area contributed by atoms with E-state index in [4.69, 9.17) is 15.6 Å². The third-order valence-electron chi connectivity index (χ3n) is 3.99. The van der Waals surface area contributed by atoms with Crippen molar-refractivity contribution in [3.63, 3.8) is 0 Å². The lowest BCUT2D eigenvalue weighted by Gasteiger charge is -2.29. The number of rotatable bonds is 6. The van der Waals surface area contributed by atoms with Crippen molar-refractivity contribution in [2.24, 2.45) is 5.73 Å². The molecular weight excluding hydrogens is 220 g/mol. The van der Waals surface area contributed by atoms with Gasteiger partial charge in [-0.05, 0) is 32.1 Å². The lowest BCUT2D eigenvalue weighted by Crippen LogP contribution is -2.48. The molecule has 5 heteroatoms. The maximum atomic E-state index is 11.1. The van der Waals surface area contributed by atoms with Gasteiger partial charge in [-0.25, -0.2) is 0 Å². The number of nitrogens with two attached hydrogens (primary N) is 1. The molecule has 0 amide bonds. The number of nitrogens with zero attached hydrogens (tertiary/aromatic N) is 1. The highest BCUT2D eigenvalue weighted by atomic mass is 16.5. The van der Waals surface area contributed by atoms with Gasteiger partial charge < -0.3 is 15.6 Å². The normalized spacial score (nSPS) is 33.2. The summed E-state index contributed by atoms with van der Waals surface area (Å²) < 4.78 is 5.12. The molecule has 0 bridgehead atoms. The van der Waals surface area contributed by atoms with E-state index in [-0.39, 0.29) is 0 Å². The van der Waals surface area contributed by atoms with Crippen LogP contribution >= 0.6 is 0 Å². The first-order valence-corrected chi connectivity index (χ1v) is 6.34. The summed E-state index contributed by atoms with van der Waals surface area (Å²) in [6, 6.07) is 0.949. The highest BCUT2D eigenvalue weighted by molar-refractivity contribution is 5.79. The van der Waals surface area contributed by atoms with Crippen LogP contribution < -0.4 is 5.73 Å². The number of carboxylic acid groups (broad SMARTS) is 1. The number of ether oxygens (including phenoxy) is 1. The second-order valence-electron chi connectivity index (χ2n) is 5.32. The summed E-state index contributed by atoms with van der Waals surface area (Å²) in [4.78, 5) is 13.5. The first-order valence-electron chi connectivity index (χ1n) is 6.34. The number of hydrogen-bond acceptors (Lipinski definition) is 4. The molecule has 0 heterocycles. The first-order chi connectivity index (χ1) is 8.07. The van der Waals surface area contributed by atoms with Crippen LogP contribution in [-0.4, -0.2) is 53.9 Å². The molecule has 2 aliphatic rings. The Kier molecular flexibility index (Phi) is 3.70. The summed E-state index contributed by atoms with van der Waals surface area (Å²) in [5, 5.41) is 9.13. The summed E-state index contributed by atoms with van der Waals surface area (Å²) in [7, 11) is 1.70. The summed E-state index contributed by atoms with van der Waals surface area (Å²) in [5.74, 6) is -0.859. The fourth-order valence-corrected chi connectivity index (χ4v) is 2.79. The minimum Gasteiger partial charge on any atom is -0.480 e. The van der Waals surface area contributed by atoms with Gasteiger partial charge in [-0.1, -0.05) is 0 Å². The SMILES string of the molecule is COCCN(C1CC1)C1CCC(N)(C(=O)O)C1. The monoisotopic (exact) mass is 242 g/mol. The zero-order chi connectivity index (χ0) is 12.5. The van der Waals surface area contributed by atoms with E-state index in [0.29, 0.717) is 31.5 Å². The Morgan fingerprint density at radius 3 is 2.65 bits per heavy atom. The zero-order valence-electron chi connectivity index (χ0n) is 10.4. The molecule has 0 aliphatic heterocycles. The van der Waals surface area contributed by atoms with Crippen LogP contribution in [0.3, 0.4) is 0 Å². The van der Waals surface area contributed by atoms with Crippen molar-refractivity contribution in [2.75, 3.05) is 20.3 Å². The number of carboxylic acids is 1. The molecule has 2 aliphatic carbocycles. The third kappa shape index (κ3) is 2.78. The predicted octanol–water partition coefficient (Wildman–Crippen LogP) is 0.432. The van der Waals surface area contributed by atoms with Crippen LogP contribution in [0.25, 0.3) is 0 Å².